The lowest BCUT2D eigenvalue weighted by atomic mass is 10.1. The number of anilines is 1. The summed E-state index contributed by atoms with van der Waals surface area (Å²) < 4.78 is 5.17. The minimum absolute atomic E-state index is 0.0207. The molecule has 15 heavy (non-hydrogen) atoms. The van der Waals surface area contributed by atoms with Gasteiger partial charge in [-0.05, 0) is 37.6 Å². The van der Waals surface area contributed by atoms with Crippen LogP contribution in [0.4, 0.5) is 5.69 Å². The molecule has 1 atom stereocenters. The Labute approximate surface area is 90.7 Å². The van der Waals surface area contributed by atoms with Gasteiger partial charge in [-0.1, -0.05) is 0 Å². The van der Waals surface area contributed by atoms with Crippen molar-refractivity contribution in [2.75, 3.05) is 19.0 Å². The maximum atomic E-state index is 8.64. The molecule has 0 amide bonds. The molecule has 1 N–H and O–H groups in total. The molecule has 0 spiro atoms. The van der Waals surface area contributed by atoms with Gasteiger partial charge in [0.25, 0.3) is 0 Å². The molecule has 0 fully saturated rings. The lowest BCUT2D eigenvalue weighted by Crippen LogP contribution is -2.09. The van der Waals surface area contributed by atoms with Gasteiger partial charge >= 0.3 is 0 Å². The van der Waals surface area contributed by atoms with Gasteiger partial charge in [-0.3, -0.25) is 0 Å². The van der Waals surface area contributed by atoms with Crippen molar-refractivity contribution < 1.29 is 4.74 Å². The average molecular weight is 204 g/mol. The zero-order valence-corrected chi connectivity index (χ0v) is 9.37. The zero-order chi connectivity index (χ0) is 11.3. The molecule has 0 saturated carbocycles. The van der Waals surface area contributed by atoms with E-state index in [2.05, 4.69) is 11.4 Å². The third-order valence-corrected chi connectivity index (χ3v) is 2.23. The van der Waals surface area contributed by atoms with Crippen LogP contribution < -0.4 is 10.1 Å². The Morgan fingerprint density at radius 2 is 2.27 bits per heavy atom. The molecule has 0 saturated heterocycles. The minimum atomic E-state index is 0.0207. The number of hydrogen-bond acceptors (Lipinski definition) is 3. The third-order valence-electron chi connectivity index (χ3n) is 2.23. The molecule has 3 heteroatoms. The second kappa shape index (κ2) is 5.26. The van der Waals surface area contributed by atoms with Crippen LogP contribution in [-0.2, 0) is 0 Å². The molecule has 0 aliphatic heterocycles. The van der Waals surface area contributed by atoms with Crippen LogP contribution in [0.2, 0.25) is 0 Å². The summed E-state index contributed by atoms with van der Waals surface area (Å²) >= 11 is 0. The van der Waals surface area contributed by atoms with Crippen LogP contribution >= 0.6 is 0 Å². The van der Waals surface area contributed by atoms with Crippen LogP contribution in [0.3, 0.4) is 0 Å². The highest BCUT2D eigenvalue weighted by molar-refractivity contribution is 5.50. The average Bonchev–Trinajstić information content (AvgIpc) is 2.26. The Morgan fingerprint density at radius 1 is 1.53 bits per heavy atom. The Balaban J connectivity index is 2.64. The van der Waals surface area contributed by atoms with Crippen molar-refractivity contribution in [2.24, 2.45) is 5.92 Å². The van der Waals surface area contributed by atoms with Gasteiger partial charge in [0.15, 0.2) is 0 Å². The predicted octanol–water partition coefficient (Wildman–Crippen LogP) is 2.58. The van der Waals surface area contributed by atoms with Crippen molar-refractivity contribution in [3.8, 4) is 11.8 Å². The van der Waals surface area contributed by atoms with Crippen molar-refractivity contribution >= 4 is 5.69 Å². The van der Waals surface area contributed by atoms with Gasteiger partial charge in [-0.15, -0.1) is 0 Å². The van der Waals surface area contributed by atoms with E-state index >= 15 is 0 Å². The van der Waals surface area contributed by atoms with E-state index in [1.165, 1.54) is 0 Å². The zero-order valence-electron chi connectivity index (χ0n) is 9.37. The van der Waals surface area contributed by atoms with E-state index in [0.717, 1.165) is 17.0 Å². The third kappa shape index (κ3) is 3.17. The topological polar surface area (TPSA) is 45.0 Å². The maximum absolute atomic E-state index is 8.64. The lowest BCUT2D eigenvalue weighted by Gasteiger charge is -2.10. The number of benzene rings is 1. The van der Waals surface area contributed by atoms with Crippen LogP contribution in [-0.4, -0.2) is 13.7 Å². The molecular formula is C12H16N2O. The molecule has 1 aromatic rings. The fourth-order valence-electron chi connectivity index (χ4n) is 1.30. The number of nitrogens with one attached hydrogen (secondary N) is 1. The molecular weight excluding hydrogens is 188 g/mol. The fraction of sp³-hybridized carbons (Fsp3) is 0.417. The Bertz CT molecular complexity index is 368. The summed E-state index contributed by atoms with van der Waals surface area (Å²) in [6, 6.07) is 8.08. The highest BCUT2D eigenvalue weighted by Crippen LogP contribution is 2.21. The van der Waals surface area contributed by atoms with E-state index in [4.69, 9.17) is 10.00 Å². The van der Waals surface area contributed by atoms with Crippen molar-refractivity contribution in [3.63, 3.8) is 0 Å². The Kier molecular flexibility index (Phi) is 3.99. The molecule has 1 unspecified atom stereocenters. The fourth-order valence-corrected chi connectivity index (χ4v) is 1.30. The summed E-state index contributed by atoms with van der Waals surface area (Å²) in [4.78, 5) is 0. The van der Waals surface area contributed by atoms with E-state index in [1.54, 1.807) is 7.11 Å². The van der Waals surface area contributed by atoms with Crippen molar-refractivity contribution in [1.82, 2.24) is 0 Å². The normalized spacial score (nSPS) is 11.6. The molecule has 0 aromatic heterocycles. The number of methoxy groups -OCH3 is 1. The van der Waals surface area contributed by atoms with E-state index in [0.29, 0.717) is 6.54 Å². The summed E-state index contributed by atoms with van der Waals surface area (Å²) in [6.07, 6.45) is 0. The first kappa shape index (κ1) is 11.4. The monoisotopic (exact) mass is 204 g/mol. The summed E-state index contributed by atoms with van der Waals surface area (Å²) in [6.45, 7) is 4.56. The molecule has 3 nitrogen and oxygen atoms in total. The Hall–Kier alpha value is -1.69. The second-order valence-corrected chi connectivity index (χ2v) is 3.60. The predicted molar refractivity (Wildman–Crippen MR) is 61.0 cm³/mol. The number of ether oxygens (including phenoxy) is 1. The summed E-state index contributed by atoms with van der Waals surface area (Å²) in [5, 5.41) is 11.8. The highest BCUT2D eigenvalue weighted by Gasteiger charge is 2.01. The van der Waals surface area contributed by atoms with Crippen LogP contribution in [0, 0.1) is 24.2 Å². The number of aryl methyl sites for hydroxylation is 1. The lowest BCUT2D eigenvalue weighted by molar-refractivity contribution is 0.412. The summed E-state index contributed by atoms with van der Waals surface area (Å²) in [5.41, 5.74) is 2.11. The summed E-state index contributed by atoms with van der Waals surface area (Å²) in [7, 11) is 1.66. The second-order valence-electron chi connectivity index (χ2n) is 3.60. The van der Waals surface area contributed by atoms with Crippen molar-refractivity contribution in [3.05, 3.63) is 23.8 Å². The van der Waals surface area contributed by atoms with Crippen LogP contribution in [0.25, 0.3) is 0 Å². The first-order valence-corrected chi connectivity index (χ1v) is 4.95. The van der Waals surface area contributed by atoms with E-state index in [9.17, 15) is 0 Å². The number of hydrogen-bond donors (Lipinski definition) is 1. The smallest absolute Gasteiger partial charge is 0.121 e. The largest absolute Gasteiger partial charge is 0.496 e. The van der Waals surface area contributed by atoms with Gasteiger partial charge in [-0.2, -0.15) is 5.26 Å². The molecule has 80 valence electrons. The number of nitrogens with zero attached hydrogens (tertiary/aromatic N) is 1. The molecule has 0 aliphatic carbocycles. The van der Waals surface area contributed by atoms with Gasteiger partial charge in [0.1, 0.15) is 5.75 Å². The van der Waals surface area contributed by atoms with Crippen molar-refractivity contribution in [1.29, 1.82) is 5.26 Å². The molecule has 0 heterocycles. The van der Waals surface area contributed by atoms with Crippen LogP contribution in [0.5, 0.6) is 5.75 Å². The Morgan fingerprint density at radius 3 is 2.80 bits per heavy atom. The van der Waals surface area contributed by atoms with Crippen LogP contribution in [0.1, 0.15) is 12.5 Å². The first-order chi connectivity index (χ1) is 7.17. The van der Waals surface area contributed by atoms with Gasteiger partial charge in [-0.25, -0.2) is 0 Å². The molecule has 0 radical (unpaired) electrons. The van der Waals surface area contributed by atoms with E-state index in [1.807, 2.05) is 32.0 Å². The van der Waals surface area contributed by atoms with Gasteiger partial charge < -0.3 is 10.1 Å². The standard InChI is InChI=1S/C12H16N2O/c1-9(7-13)8-14-11-4-5-12(15-3)10(2)6-11/h4-6,9,14H,8H2,1-3H3. The van der Waals surface area contributed by atoms with Gasteiger partial charge in [0.05, 0.1) is 19.1 Å². The van der Waals surface area contributed by atoms with Gasteiger partial charge in [0, 0.05) is 12.2 Å². The number of nitriles is 1. The van der Waals surface area contributed by atoms with Crippen LogP contribution in [0.15, 0.2) is 18.2 Å². The SMILES string of the molecule is COc1ccc(NCC(C)C#N)cc1C. The quantitative estimate of drug-likeness (QED) is 0.819. The number of rotatable bonds is 4. The summed E-state index contributed by atoms with van der Waals surface area (Å²) in [5.74, 6) is 0.904. The molecule has 0 aliphatic rings. The van der Waals surface area contributed by atoms with Gasteiger partial charge in [0.2, 0.25) is 0 Å². The molecule has 0 bridgehead atoms. The minimum Gasteiger partial charge on any atom is -0.496 e. The highest BCUT2D eigenvalue weighted by atomic mass is 16.5. The van der Waals surface area contributed by atoms with E-state index < -0.39 is 0 Å². The maximum Gasteiger partial charge on any atom is 0.121 e. The van der Waals surface area contributed by atoms with Crippen molar-refractivity contribution in [2.45, 2.75) is 13.8 Å². The molecule has 1 rings (SSSR count). The first-order valence-electron chi connectivity index (χ1n) is 4.95. The molecule has 1 aromatic carbocycles. The van der Waals surface area contributed by atoms with E-state index in [-0.39, 0.29) is 5.92 Å².